The Labute approximate surface area is 212 Å². The van der Waals surface area contributed by atoms with Gasteiger partial charge in [-0.05, 0) is 65.3 Å². The highest BCUT2D eigenvalue weighted by atomic mass is 35.5. The van der Waals surface area contributed by atoms with E-state index in [1.165, 1.54) is 46.4 Å². The molecule has 0 bridgehead atoms. The molecule has 0 amide bonds. The predicted molar refractivity (Wildman–Crippen MR) is 145 cm³/mol. The fraction of sp³-hybridized carbons (Fsp3) is 0.219. The lowest BCUT2D eigenvalue weighted by molar-refractivity contribution is 0.586. The summed E-state index contributed by atoms with van der Waals surface area (Å²) in [6.45, 7) is 3.26. The zero-order valence-corrected chi connectivity index (χ0v) is 20.7. The Morgan fingerprint density at radius 1 is 0.771 bits per heavy atom. The van der Waals surface area contributed by atoms with Gasteiger partial charge in [0.25, 0.3) is 0 Å². The van der Waals surface area contributed by atoms with Crippen LogP contribution in [0.2, 0.25) is 5.02 Å². The van der Waals surface area contributed by atoms with E-state index in [0.717, 1.165) is 17.1 Å². The summed E-state index contributed by atoms with van der Waals surface area (Å²) in [6.07, 6.45) is 2.49. The number of nitrogens with zero attached hydrogens (tertiary/aromatic N) is 2. The lowest BCUT2D eigenvalue weighted by Crippen LogP contribution is -2.10. The van der Waals surface area contributed by atoms with Crippen molar-refractivity contribution in [1.29, 1.82) is 0 Å². The summed E-state index contributed by atoms with van der Waals surface area (Å²) >= 11 is 6.23. The highest BCUT2D eigenvalue weighted by Gasteiger charge is 2.30. The first-order chi connectivity index (χ1) is 17.2. The third-order valence-corrected chi connectivity index (χ3v) is 7.49. The van der Waals surface area contributed by atoms with Crippen molar-refractivity contribution < 1.29 is 0 Å². The first kappa shape index (κ1) is 22.1. The molecule has 1 saturated carbocycles. The fourth-order valence-electron chi connectivity index (χ4n) is 5.22. The summed E-state index contributed by atoms with van der Waals surface area (Å²) in [7, 11) is 0. The van der Waals surface area contributed by atoms with Gasteiger partial charge in [0.2, 0.25) is 0 Å². The summed E-state index contributed by atoms with van der Waals surface area (Å²) in [5.41, 5.74) is 7.50. The zero-order valence-electron chi connectivity index (χ0n) is 19.9. The molecule has 1 aliphatic carbocycles. The molecule has 35 heavy (non-hydrogen) atoms. The maximum Gasteiger partial charge on any atom is 0.113 e. The van der Waals surface area contributed by atoms with Crippen LogP contribution in [-0.4, -0.2) is 9.55 Å². The molecule has 3 heteroatoms. The van der Waals surface area contributed by atoms with Crippen molar-refractivity contribution in [3.8, 4) is 0 Å². The van der Waals surface area contributed by atoms with E-state index in [0.29, 0.717) is 11.8 Å². The molecule has 174 valence electrons. The topological polar surface area (TPSA) is 17.8 Å². The number of benzene rings is 4. The second-order valence-corrected chi connectivity index (χ2v) is 10.2. The Bertz CT molecular complexity index is 1430. The molecule has 0 radical (unpaired) electrons. The van der Waals surface area contributed by atoms with Crippen LogP contribution in [0.3, 0.4) is 0 Å². The molecule has 1 fully saturated rings. The van der Waals surface area contributed by atoms with Crippen molar-refractivity contribution in [1.82, 2.24) is 9.55 Å². The zero-order chi connectivity index (χ0) is 23.8. The van der Waals surface area contributed by atoms with Gasteiger partial charge in [-0.15, -0.1) is 0 Å². The van der Waals surface area contributed by atoms with Gasteiger partial charge >= 0.3 is 0 Å². The van der Waals surface area contributed by atoms with Gasteiger partial charge in [-0.2, -0.15) is 0 Å². The van der Waals surface area contributed by atoms with E-state index in [-0.39, 0.29) is 5.92 Å². The van der Waals surface area contributed by atoms with Crippen LogP contribution in [0.1, 0.15) is 65.6 Å². The van der Waals surface area contributed by atoms with Crippen molar-refractivity contribution in [2.45, 2.75) is 44.1 Å². The number of halogens is 1. The second kappa shape index (κ2) is 9.36. The van der Waals surface area contributed by atoms with Crippen molar-refractivity contribution >= 4 is 22.6 Å². The number of hydrogen-bond donors (Lipinski definition) is 0. The van der Waals surface area contributed by atoms with Gasteiger partial charge < -0.3 is 4.57 Å². The standard InChI is InChI=1S/C32H29ClN2/c1-22(23-8-4-2-5-9-23)21-35-30-20-27(16-19-29(30)34-32(35)26-12-13-26)31(24-10-6-3-7-11-24)25-14-17-28(33)18-15-25/h2-11,14-20,22,26,31H,12-13,21H2,1H3. The molecule has 0 saturated heterocycles. The molecule has 6 rings (SSSR count). The number of rotatable bonds is 7. The molecule has 0 N–H and O–H groups in total. The fourth-order valence-corrected chi connectivity index (χ4v) is 5.35. The Kier molecular flexibility index (Phi) is 5.91. The van der Waals surface area contributed by atoms with Crippen LogP contribution in [0.25, 0.3) is 11.0 Å². The molecule has 2 unspecified atom stereocenters. The van der Waals surface area contributed by atoms with Crippen molar-refractivity contribution in [3.63, 3.8) is 0 Å². The van der Waals surface area contributed by atoms with Gasteiger partial charge in [0, 0.05) is 23.4 Å². The Morgan fingerprint density at radius 2 is 1.37 bits per heavy atom. The molecule has 1 aromatic heterocycles. The summed E-state index contributed by atoms with van der Waals surface area (Å²) in [4.78, 5) is 5.12. The van der Waals surface area contributed by atoms with Crippen molar-refractivity contribution in [2.75, 3.05) is 0 Å². The van der Waals surface area contributed by atoms with Crippen LogP contribution in [0.15, 0.2) is 103 Å². The average molecular weight is 477 g/mol. The lowest BCUT2D eigenvalue weighted by atomic mass is 9.85. The first-order valence-electron chi connectivity index (χ1n) is 12.5. The van der Waals surface area contributed by atoms with Gasteiger partial charge in [-0.3, -0.25) is 0 Å². The minimum atomic E-state index is 0.136. The summed E-state index contributed by atoms with van der Waals surface area (Å²) in [6, 6.07) is 36.7. The van der Waals surface area contributed by atoms with Gasteiger partial charge in [0.15, 0.2) is 0 Å². The largest absolute Gasteiger partial charge is 0.327 e. The molecular weight excluding hydrogens is 448 g/mol. The second-order valence-electron chi connectivity index (χ2n) is 9.81. The smallest absolute Gasteiger partial charge is 0.113 e. The van der Waals surface area contributed by atoms with Gasteiger partial charge in [0.1, 0.15) is 5.82 Å². The SMILES string of the molecule is CC(Cn1c(C2CC2)nc2ccc(C(c3ccccc3)c3ccc(Cl)cc3)cc21)c1ccccc1. The Balaban J connectivity index is 1.47. The average Bonchev–Trinajstić information content (AvgIpc) is 3.69. The third kappa shape index (κ3) is 4.51. The van der Waals surface area contributed by atoms with Crippen molar-refractivity contribution in [2.24, 2.45) is 0 Å². The minimum absolute atomic E-state index is 0.136. The van der Waals surface area contributed by atoms with Crippen LogP contribution in [0.4, 0.5) is 0 Å². The van der Waals surface area contributed by atoms with E-state index in [2.05, 4.69) is 102 Å². The van der Waals surface area contributed by atoms with Gasteiger partial charge in [0.05, 0.1) is 11.0 Å². The molecule has 5 aromatic rings. The van der Waals surface area contributed by atoms with E-state index in [1.54, 1.807) is 0 Å². The van der Waals surface area contributed by atoms with Gasteiger partial charge in [-0.25, -0.2) is 4.98 Å². The predicted octanol–water partition coefficient (Wildman–Crippen LogP) is 8.55. The molecule has 2 nitrogen and oxygen atoms in total. The van der Waals surface area contributed by atoms with E-state index in [1.807, 2.05) is 12.1 Å². The van der Waals surface area contributed by atoms with Crippen LogP contribution in [-0.2, 0) is 6.54 Å². The Morgan fingerprint density at radius 3 is 2.03 bits per heavy atom. The molecule has 0 aliphatic heterocycles. The van der Waals surface area contributed by atoms with E-state index >= 15 is 0 Å². The lowest BCUT2D eigenvalue weighted by Gasteiger charge is -2.20. The van der Waals surface area contributed by atoms with Crippen LogP contribution in [0, 0.1) is 0 Å². The molecule has 1 heterocycles. The molecule has 1 aliphatic rings. The molecule has 2 atom stereocenters. The highest BCUT2D eigenvalue weighted by molar-refractivity contribution is 6.30. The van der Waals surface area contributed by atoms with Gasteiger partial charge in [-0.1, -0.05) is 97.4 Å². The normalized spacial score (nSPS) is 15.3. The number of aromatic nitrogens is 2. The monoisotopic (exact) mass is 476 g/mol. The maximum atomic E-state index is 6.23. The number of hydrogen-bond acceptors (Lipinski definition) is 1. The summed E-state index contributed by atoms with van der Waals surface area (Å²) in [5.74, 6) is 2.39. The molecular formula is C32H29ClN2. The highest BCUT2D eigenvalue weighted by Crippen LogP contribution is 2.42. The van der Waals surface area contributed by atoms with Crippen molar-refractivity contribution in [3.05, 3.63) is 136 Å². The summed E-state index contributed by atoms with van der Waals surface area (Å²) in [5, 5.41) is 0.762. The molecule has 4 aromatic carbocycles. The Hall–Kier alpha value is -3.36. The van der Waals surface area contributed by atoms with Crippen LogP contribution >= 0.6 is 11.6 Å². The van der Waals surface area contributed by atoms with E-state index in [9.17, 15) is 0 Å². The quantitative estimate of drug-likeness (QED) is 0.215. The minimum Gasteiger partial charge on any atom is -0.327 e. The van der Waals surface area contributed by atoms with E-state index < -0.39 is 0 Å². The summed E-state index contributed by atoms with van der Waals surface area (Å²) < 4.78 is 2.50. The van der Waals surface area contributed by atoms with Crippen LogP contribution < -0.4 is 0 Å². The number of imidazole rings is 1. The number of fused-ring (bicyclic) bond motifs is 1. The first-order valence-corrected chi connectivity index (χ1v) is 12.9. The van der Waals surface area contributed by atoms with Crippen LogP contribution in [0.5, 0.6) is 0 Å². The molecule has 0 spiro atoms. The maximum absolute atomic E-state index is 6.23. The third-order valence-electron chi connectivity index (χ3n) is 7.24. The van der Waals surface area contributed by atoms with E-state index in [4.69, 9.17) is 16.6 Å².